The van der Waals surface area contributed by atoms with Gasteiger partial charge in [0.2, 0.25) is 5.91 Å². The van der Waals surface area contributed by atoms with Gasteiger partial charge in [-0.25, -0.2) is 0 Å². The Bertz CT molecular complexity index is 625. The normalized spacial score (nSPS) is 10.9. The average molecular weight is 349 g/mol. The van der Waals surface area contributed by atoms with Gasteiger partial charge in [0.1, 0.15) is 0 Å². The highest BCUT2D eigenvalue weighted by Crippen LogP contribution is 2.29. The highest BCUT2D eigenvalue weighted by Gasteiger charge is 2.06. The van der Waals surface area contributed by atoms with Crippen molar-refractivity contribution in [1.29, 1.82) is 0 Å². The van der Waals surface area contributed by atoms with Gasteiger partial charge in [0, 0.05) is 22.1 Å². The maximum absolute atomic E-state index is 11.8. The fourth-order valence-electron chi connectivity index (χ4n) is 2.15. The second kappa shape index (κ2) is 7.46. The molecule has 0 aromatic heterocycles. The zero-order chi connectivity index (χ0) is 15.2. The van der Waals surface area contributed by atoms with Crippen molar-refractivity contribution in [2.45, 2.75) is 20.3 Å². The Morgan fingerprint density at radius 1 is 1.14 bits per heavy atom. The van der Waals surface area contributed by atoms with Crippen LogP contribution in [0, 0.1) is 5.92 Å². The summed E-state index contributed by atoms with van der Waals surface area (Å²) in [5.41, 5.74) is 0.979. The van der Waals surface area contributed by atoms with Crippen molar-refractivity contribution in [3.05, 3.63) is 40.9 Å². The van der Waals surface area contributed by atoms with E-state index in [4.69, 9.17) is 0 Å². The predicted molar refractivity (Wildman–Crippen MR) is 92.6 cm³/mol. The van der Waals surface area contributed by atoms with Crippen molar-refractivity contribution >= 4 is 38.3 Å². The minimum atomic E-state index is 0.0302. The molecule has 0 bridgehead atoms. The molecule has 0 heterocycles. The fourth-order valence-corrected chi connectivity index (χ4v) is 2.63. The molecule has 2 rings (SSSR count). The van der Waals surface area contributed by atoms with Crippen molar-refractivity contribution in [3.63, 3.8) is 0 Å². The summed E-state index contributed by atoms with van der Waals surface area (Å²) < 4.78 is 1.06. The first-order valence-corrected chi connectivity index (χ1v) is 8.05. The van der Waals surface area contributed by atoms with Crippen LogP contribution in [0.1, 0.15) is 20.3 Å². The lowest BCUT2D eigenvalue weighted by molar-refractivity contribution is -0.119. The molecule has 0 aliphatic carbocycles. The van der Waals surface area contributed by atoms with Crippen LogP contribution >= 0.6 is 15.9 Å². The number of benzene rings is 2. The Morgan fingerprint density at radius 2 is 1.86 bits per heavy atom. The Labute approximate surface area is 134 Å². The lowest BCUT2D eigenvalue weighted by atomic mass is 10.1. The van der Waals surface area contributed by atoms with E-state index in [0.717, 1.165) is 33.9 Å². The summed E-state index contributed by atoms with van der Waals surface area (Å²) in [6, 6.07) is 12.1. The molecule has 0 radical (unpaired) electrons. The summed E-state index contributed by atoms with van der Waals surface area (Å²) in [5, 5.41) is 8.41. The van der Waals surface area contributed by atoms with Gasteiger partial charge >= 0.3 is 0 Å². The van der Waals surface area contributed by atoms with Crippen molar-refractivity contribution in [2.24, 2.45) is 5.92 Å². The average Bonchev–Trinajstić information content (AvgIpc) is 2.46. The van der Waals surface area contributed by atoms with Gasteiger partial charge in [0.05, 0.1) is 6.54 Å². The largest absolute Gasteiger partial charge is 0.376 e. The molecule has 4 heteroatoms. The number of rotatable bonds is 6. The van der Waals surface area contributed by atoms with Crippen LogP contribution in [0.4, 0.5) is 5.69 Å². The molecule has 0 saturated carbocycles. The maximum atomic E-state index is 11.8. The zero-order valence-electron chi connectivity index (χ0n) is 12.4. The first kappa shape index (κ1) is 15.8. The Kier molecular flexibility index (Phi) is 5.62. The third kappa shape index (κ3) is 4.46. The molecule has 0 aliphatic heterocycles. The van der Waals surface area contributed by atoms with Crippen LogP contribution in [-0.2, 0) is 4.79 Å². The fraction of sp³-hybridized carbons (Fsp3) is 0.353. The van der Waals surface area contributed by atoms with Gasteiger partial charge < -0.3 is 10.6 Å². The molecule has 0 spiro atoms. The van der Waals surface area contributed by atoms with Crippen LogP contribution in [0.2, 0.25) is 0 Å². The van der Waals surface area contributed by atoms with E-state index in [2.05, 4.69) is 52.5 Å². The second-order valence-electron chi connectivity index (χ2n) is 5.53. The lowest BCUT2D eigenvalue weighted by Gasteiger charge is -2.11. The Balaban J connectivity index is 1.98. The first-order chi connectivity index (χ1) is 10.1. The summed E-state index contributed by atoms with van der Waals surface area (Å²) in [7, 11) is 0. The molecule has 0 saturated heterocycles. The molecule has 0 atom stereocenters. The molecule has 0 aliphatic rings. The third-order valence-electron chi connectivity index (χ3n) is 3.35. The van der Waals surface area contributed by atoms with E-state index in [1.54, 1.807) is 0 Å². The minimum Gasteiger partial charge on any atom is -0.376 e. The van der Waals surface area contributed by atoms with Crippen LogP contribution in [0.3, 0.4) is 0 Å². The van der Waals surface area contributed by atoms with Crippen LogP contribution < -0.4 is 10.6 Å². The van der Waals surface area contributed by atoms with Crippen LogP contribution in [0.15, 0.2) is 40.9 Å². The molecule has 2 aromatic carbocycles. The summed E-state index contributed by atoms with van der Waals surface area (Å²) in [6.07, 6.45) is 1.01. The standard InChI is InChI=1S/C17H21BrN2O/c1-12(2)9-10-19-17(21)11-20-16-8-7-15(18)13-5-3-4-6-14(13)16/h3-8,12,20H,9-11H2,1-2H3,(H,19,21). The van der Waals surface area contributed by atoms with E-state index < -0.39 is 0 Å². The lowest BCUT2D eigenvalue weighted by Crippen LogP contribution is -2.31. The Hall–Kier alpha value is -1.55. The summed E-state index contributed by atoms with van der Waals surface area (Å²) in [6.45, 7) is 5.33. The summed E-state index contributed by atoms with van der Waals surface area (Å²) >= 11 is 3.55. The number of anilines is 1. The predicted octanol–water partition coefficient (Wildman–Crippen LogP) is 4.18. The number of carbonyl (C=O) groups excluding carboxylic acids is 1. The molecule has 1 amide bonds. The number of hydrogen-bond acceptors (Lipinski definition) is 2. The van der Waals surface area contributed by atoms with Gasteiger partial charge in [-0.3, -0.25) is 4.79 Å². The number of nitrogens with one attached hydrogen (secondary N) is 2. The van der Waals surface area contributed by atoms with Crippen molar-refractivity contribution in [3.8, 4) is 0 Å². The van der Waals surface area contributed by atoms with Gasteiger partial charge in [0.25, 0.3) is 0 Å². The third-order valence-corrected chi connectivity index (χ3v) is 4.05. The van der Waals surface area contributed by atoms with E-state index in [9.17, 15) is 4.79 Å². The van der Waals surface area contributed by atoms with Crippen molar-refractivity contribution in [1.82, 2.24) is 5.32 Å². The molecule has 21 heavy (non-hydrogen) atoms. The zero-order valence-corrected chi connectivity index (χ0v) is 14.0. The maximum Gasteiger partial charge on any atom is 0.239 e. The monoisotopic (exact) mass is 348 g/mol. The molecule has 0 fully saturated rings. The van der Waals surface area contributed by atoms with E-state index >= 15 is 0 Å². The van der Waals surface area contributed by atoms with E-state index in [-0.39, 0.29) is 5.91 Å². The number of halogens is 1. The van der Waals surface area contributed by atoms with E-state index in [1.807, 2.05) is 24.3 Å². The van der Waals surface area contributed by atoms with Crippen molar-refractivity contribution < 1.29 is 4.79 Å². The SMILES string of the molecule is CC(C)CCNC(=O)CNc1ccc(Br)c2ccccc12. The molecule has 2 aromatic rings. The van der Waals surface area contributed by atoms with Gasteiger partial charge in [0.15, 0.2) is 0 Å². The number of carbonyl (C=O) groups is 1. The van der Waals surface area contributed by atoms with Crippen LogP contribution in [0.5, 0.6) is 0 Å². The van der Waals surface area contributed by atoms with Crippen LogP contribution in [0.25, 0.3) is 10.8 Å². The number of fused-ring (bicyclic) bond motifs is 1. The van der Waals surface area contributed by atoms with Gasteiger partial charge in [-0.2, -0.15) is 0 Å². The minimum absolute atomic E-state index is 0.0302. The summed E-state index contributed by atoms with van der Waals surface area (Å²) in [4.78, 5) is 11.8. The molecular weight excluding hydrogens is 328 g/mol. The van der Waals surface area contributed by atoms with Crippen LogP contribution in [-0.4, -0.2) is 19.0 Å². The topological polar surface area (TPSA) is 41.1 Å². The van der Waals surface area contributed by atoms with Gasteiger partial charge in [-0.05, 0) is 29.9 Å². The summed E-state index contributed by atoms with van der Waals surface area (Å²) in [5.74, 6) is 0.635. The van der Waals surface area contributed by atoms with E-state index in [0.29, 0.717) is 12.5 Å². The smallest absolute Gasteiger partial charge is 0.239 e. The number of hydrogen-bond donors (Lipinski definition) is 2. The molecular formula is C17H21BrN2O. The number of amides is 1. The van der Waals surface area contributed by atoms with Gasteiger partial charge in [-0.15, -0.1) is 0 Å². The van der Waals surface area contributed by atoms with Crippen molar-refractivity contribution in [2.75, 3.05) is 18.4 Å². The molecule has 2 N–H and O–H groups in total. The highest BCUT2D eigenvalue weighted by molar-refractivity contribution is 9.10. The van der Waals surface area contributed by atoms with E-state index in [1.165, 1.54) is 0 Å². The van der Waals surface area contributed by atoms with Gasteiger partial charge in [-0.1, -0.05) is 54.0 Å². The quantitative estimate of drug-likeness (QED) is 0.822. The Morgan fingerprint density at radius 3 is 2.57 bits per heavy atom. The highest BCUT2D eigenvalue weighted by atomic mass is 79.9. The molecule has 112 valence electrons. The molecule has 0 unspecified atom stereocenters. The first-order valence-electron chi connectivity index (χ1n) is 7.25. The molecule has 3 nitrogen and oxygen atoms in total. The second-order valence-corrected chi connectivity index (χ2v) is 6.38.